The molecule has 1 saturated carbocycles. The number of benzene rings is 1. The van der Waals surface area contributed by atoms with Gasteiger partial charge in [-0.25, -0.2) is 0 Å². The summed E-state index contributed by atoms with van der Waals surface area (Å²) in [4.78, 5) is 23.3. The molecule has 3 rings (SSSR count). The topological polar surface area (TPSA) is 73.3 Å². The van der Waals surface area contributed by atoms with Gasteiger partial charge >= 0.3 is 0 Å². The van der Waals surface area contributed by atoms with Crippen molar-refractivity contribution in [2.24, 2.45) is 0 Å². The van der Waals surface area contributed by atoms with Crippen molar-refractivity contribution in [1.29, 1.82) is 0 Å². The van der Waals surface area contributed by atoms with E-state index in [4.69, 9.17) is 10.2 Å². The van der Waals surface area contributed by atoms with Gasteiger partial charge in [0.05, 0.1) is 5.56 Å². The molecular weight excluding hydrogens is 242 g/mol. The number of Topliss-reactive ketones (excluding diaryl/α,β-unsaturated/α-hetero) is 1. The molecule has 19 heavy (non-hydrogen) atoms. The molecule has 0 spiro atoms. The van der Waals surface area contributed by atoms with Gasteiger partial charge in [-0.05, 0) is 48.6 Å². The third-order valence-corrected chi connectivity index (χ3v) is 3.78. The maximum absolute atomic E-state index is 12.1. The lowest BCUT2D eigenvalue weighted by Crippen LogP contribution is -2.15. The van der Waals surface area contributed by atoms with Crippen molar-refractivity contribution >= 4 is 11.7 Å². The molecule has 0 aromatic rings. The number of rotatable bonds is 1. The summed E-state index contributed by atoms with van der Waals surface area (Å²) >= 11 is 0. The first-order valence-corrected chi connectivity index (χ1v) is 6.48. The average Bonchev–Trinajstić information content (AvgIpc) is 2.38. The number of ketones is 1. The molecule has 2 aliphatic carbocycles. The normalized spacial score (nSPS) is 16.9. The van der Waals surface area contributed by atoms with Crippen LogP contribution in [0.3, 0.4) is 0 Å². The van der Waals surface area contributed by atoms with Crippen LogP contribution in [0, 0.1) is 0 Å². The minimum absolute atomic E-state index is 0.0480. The van der Waals surface area contributed by atoms with E-state index in [0.29, 0.717) is 35.8 Å². The predicted octanol–water partition coefficient (Wildman–Crippen LogP) is 2.55. The Morgan fingerprint density at radius 3 is 2.58 bits per heavy atom. The van der Waals surface area contributed by atoms with Crippen LogP contribution in [0.2, 0.25) is 0 Å². The third-order valence-electron chi connectivity index (χ3n) is 3.78. The molecule has 0 saturated heterocycles. The van der Waals surface area contributed by atoms with Gasteiger partial charge in [-0.2, -0.15) is 0 Å². The van der Waals surface area contributed by atoms with Crippen LogP contribution in [0.25, 0.3) is 11.3 Å². The first kappa shape index (κ1) is 12.0. The fraction of sp³-hybridized carbons (Fsp3) is 0.333. The fourth-order valence-corrected chi connectivity index (χ4v) is 2.71. The molecule has 4 nitrogen and oxygen atoms in total. The van der Waals surface area contributed by atoms with Crippen molar-refractivity contribution in [3.05, 3.63) is 40.1 Å². The summed E-state index contributed by atoms with van der Waals surface area (Å²) in [5, 5.41) is 0. The molecule has 1 heterocycles. The number of nitrogen functional groups attached to an aromatic ring is 1. The molecule has 0 aromatic carbocycles. The zero-order valence-corrected chi connectivity index (χ0v) is 10.5. The van der Waals surface area contributed by atoms with Crippen LogP contribution >= 0.6 is 0 Å². The lowest BCUT2D eigenvalue weighted by atomic mass is 9.83. The van der Waals surface area contributed by atoms with Crippen LogP contribution in [0.1, 0.15) is 37.2 Å². The number of carbonyl (C=O) groups is 1. The summed E-state index contributed by atoms with van der Waals surface area (Å²) in [5.74, 6) is 1.40. The van der Waals surface area contributed by atoms with Crippen LogP contribution in [0.4, 0.5) is 5.88 Å². The molecule has 0 amide bonds. The van der Waals surface area contributed by atoms with E-state index in [-0.39, 0.29) is 11.3 Å². The largest absolute Gasteiger partial charge is 0.441 e. The van der Waals surface area contributed by atoms with Gasteiger partial charge in [0.1, 0.15) is 11.5 Å². The Balaban J connectivity index is 2.03. The summed E-state index contributed by atoms with van der Waals surface area (Å²) in [6.07, 6.45) is 2.83. The van der Waals surface area contributed by atoms with Gasteiger partial charge in [-0.15, -0.1) is 0 Å². The summed E-state index contributed by atoms with van der Waals surface area (Å²) in [5.41, 5.74) is 7.06. The number of fused-ring (bicyclic) bond motifs is 1. The molecule has 0 aromatic heterocycles. The number of carbonyl (C=O) groups excluding carboxylic acids is 1. The smallest absolute Gasteiger partial charge is 0.190 e. The summed E-state index contributed by atoms with van der Waals surface area (Å²) in [6.45, 7) is 0. The SMILES string of the molecule is Nc1ccc2c(=O)cc(C3CCC(=O)CC3)cc-2o1. The Hall–Kier alpha value is -2.10. The molecule has 1 fully saturated rings. The van der Waals surface area contributed by atoms with E-state index in [2.05, 4.69) is 0 Å². The number of anilines is 1. The Morgan fingerprint density at radius 1 is 1.11 bits per heavy atom. The Bertz CT molecular complexity index is 649. The Kier molecular flexibility index (Phi) is 2.85. The second-order valence-electron chi connectivity index (χ2n) is 5.08. The molecule has 3 aliphatic rings. The quantitative estimate of drug-likeness (QED) is 0.852. The number of hydrogen-bond acceptors (Lipinski definition) is 4. The molecule has 1 aliphatic heterocycles. The van der Waals surface area contributed by atoms with Gasteiger partial charge < -0.3 is 10.2 Å². The lowest BCUT2D eigenvalue weighted by Gasteiger charge is -2.21. The van der Waals surface area contributed by atoms with Crippen LogP contribution in [0.5, 0.6) is 0 Å². The zero-order chi connectivity index (χ0) is 13.4. The average molecular weight is 257 g/mol. The second kappa shape index (κ2) is 4.53. The second-order valence-corrected chi connectivity index (χ2v) is 5.08. The van der Waals surface area contributed by atoms with Gasteiger partial charge in [-0.3, -0.25) is 9.59 Å². The highest BCUT2D eigenvalue weighted by Crippen LogP contribution is 2.33. The van der Waals surface area contributed by atoms with Crippen molar-refractivity contribution in [3.63, 3.8) is 0 Å². The van der Waals surface area contributed by atoms with Gasteiger partial charge in [0.15, 0.2) is 11.3 Å². The predicted molar refractivity (Wildman–Crippen MR) is 72.2 cm³/mol. The molecule has 2 N–H and O–H groups in total. The van der Waals surface area contributed by atoms with Gasteiger partial charge in [0.25, 0.3) is 0 Å². The number of hydrogen-bond donors (Lipinski definition) is 1. The van der Waals surface area contributed by atoms with E-state index in [1.807, 2.05) is 6.07 Å². The highest BCUT2D eigenvalue weighted by molar-refractivity contribution is 5.79. The fourth-order valence-electron chi connectivity index (χ4n) is 2.71. The van der Waals surface area contributed by atoms with E-state index in [1.54, 1.807) is 18.2 Å². The third kappa shape index (κ3) is 2.26. The zero-order valence-electron chi connectivity index (χ0n) is 10.5. The summed E-state index contributed by atoms with van der Waals surface area (Å²) in [7, 11) is 0. The number of nitrogens with two attached hydrogens (primary N) is 1. The van der Waals surface area contributed by atoms with E-state index in [0.717, 1.165) is 18.4 Å². The monoisotopic (exact) mass is 257 g/mol. The molecule has 0 radical (unpaired) electrons. The van der Waals surface area contributed by atoms with Crippen LogP contribution in [-0.4, -0.2) is 5.78 Å². The van der Waals surface area contributed by atoms with Crippen LogP contribution < -0.4 is 11.2 Å². The minimum Gasteiger partial charge on any atom is -0.441 e. The molecule has 0 atom stereocenters. The first-order valence-electron chi connectivity index (χ1n) is 6.48. The summed E-state index contributed by atoms with van der Waals surface area (Å²) in [6, 6.07) is 6.81. The van der Waals surface area contributed by atoms with Gasteiger partial charge in [0.2, 0.25) is 0 Å². The molecule has 0 unspecified atom stereocenters. The Labute approximate surface area is 110 Å². The molecule has 98 valence electrons. The highest BCUT2D eigenvalue weighted by Gasteiger charge is 2.22. The highest BCUT2D eigenvalue weighted by atomic mass is 16.3. The maximum atomic E-state index is 12.1. The van der Waals surface area contributed by atoms with Crippen molar-refractivity contribution in [1.82, 2.24) is 0 Å². The van der Waals surface area contributed by atoms with Crippen LogP contribution in [-0.2, 0) is 4.79 Å². The van der Waals surface area contributed by atoms with E-state index in [1.165, 1.54) is 0 Å². The van der Waals surface area contributed by atoms with Crippen molar-refractivity contribution in [3.8, 4) is 11.3 Å². The molecule has 0 bridgehead atoms. The van der Waals surface area contributed by atoms with Gasteiger partial charge in [-0.1, -0.05) is 0 Å². The van der Waals surface area contributed by atoms with Crippen molar-refractivity contribution < 1.29 is 9.21 Å². The van der Waals surface area contributed by atoms with Crippen LogP contribution in [0.15, 0.2) is 33.5 Å². The van der Waals surface area contributed by atoms with Crippen molar-refractivity contribution in [2.75, 3.05) is 5.73 Å². The van der Waals surface area contributed by atoms with E-state index >= 15 is 0 Å². The minimum atomic E-state index is -0.0480. The maximum Gasteiger partial charge on any atom is 0.190 e. The lowest BCUT2D eigenvalue weighted by molar-refractivity contribution is -0.120. The van der Waals surface area contributed by atoms with E-state index in [9.17, 15) is 9.59 Å². The van der Waals surface area contributed by atoms with Crippen molar-refractivity contribution in [2.45, 2.75) is 31.6 Å². The van der Waals surface area contributed by atoms with E-state index < -0.39 is 0 Å². The van der Waals surface area contributed by atoms with Gasteiger partial charge in [0, 0.05) is 12.8 Å². The summed E-state index contributed by atoms with van der Waals surface area (Å²) < 4.78 is 5.41. The first-order chi connectivity index (χ1) is 9.13. The molecule has 4 heteroatoms. The standard InChI is InChI=1S/C15H15NO3/c16-15-6-5-12-13(18)7-10(8-14(12)19-15)9-1-3-11(17)4-2-9/h5-9H,1-4,16H2. The molecular formula is C15H15NO3. The Morgan fingerprint density at radius 2 is 1.84 bits per heavy atom.